The molecule has 0 aliphatic heterocycles. The predicted octanol–water partition coefficient (Wildman–Crippen LogP) is 2.64. The number of hydrogen-bond acceptors (Lipinski definition) is 6. The van der Waals surface area contributed by atoms with Crippen molar-refractivity contribution in [2.75, 3.05) is 0 Å². The lowest BCUT2D eigenvalue weighted by Gasteiger charge is -2.11. The molecule has 8 heteroatoms. The van der Waals surface area contributed by atoms with E-state index in [9.17, 15) is 9.59 Å². The van der Waals surface area contributed by atoms with Gasteiger partial charge >= 0.3 is 0 Å². The molecular weight excluding hydrogens is 382 g/mol. The number of benzene rings is 1. The van der Waals surface area contributed by atoms with Gasteiger partial charge in [-0.15, -0.1) is 0 Å². The molecule has 0 saturated heterocycles. The van der Waals surface area contributed by atoms with Crippen LogP contribution in [0.15, 0.2) is 64.2 Å². The Labute approximate surface area is 171 Å². The van der Waals surface area contributed by atoms with Crippen molar-refractivity contribution in [1.29, 1.82) is 0 Å². The zero-order valence-corrected chi connectivity index (χ0v) is 16.1. The second-order valence-corrected chi connectivity index (χ2v) is 7.39. The summed E-state index contributed by atoms with van der Waals surface area (Å²) in [5.74, 6) is 0.816. The van der Waals surface area contributed by atoms with Crippen molar-refractivity contribution in [2.24, 2.45) is 0 Å². The molecule has 1 saturated carbocycles. The van der Waals surface area contributed by atoms with E-state index in [1.54, 1.807) is 24.5 Å². The molecule has 0 radical (unpaired) electrons. The highest BCUT2D eigenvalue weighted by molar-refractivity contribution is 5.92. The van der Waals surface area contributed by atoms with E-state index in [-0.39, 0.29) is 23.7 Å². The van der Waals surface area contributed by atoms with Crippen molar-refractivity contribution in [1.82, 2.24) is 25.2 Å². The van der Waals surface area contributed by atoms with Crippen LogP contribution in [0.1, 0.15) is 46.3 Å². The Morgan fingerprint density at radius 1 is 1.17 bits per heavy atom. The standard InChI is InChI=1S/C22H19N5O3/c28-21(18-10-20(30-26-18)15-7-8-15)24-12-19-16-5-1-2-6-17(16)22(29)27(25-19)13-14-4-3-9-23-11-14/h1-6,9-11,15H,7-8,12-13H2,(H,24,28). The van der Waals surface area contributed by atoms with Crippen LogP contribution < -0.4 is 10.9 Å². The number of amides is 1. The fraction of sp³-hybridized carbons (Fsp3) is 0.227. The third-order valence-corrected chi connectivity index (χ3v) is 5.16. The summed E-state index contributed by atoms with van der Waals surface area (Å²) < 4.78 is 6.66. The lowest BCUT2D eigenvalue weighted by molar-refractivity contribution is 0.0941. The van der Waals surface area contributed by atoms with Gasteiger partial charge in [0.1, 0.15) is 5.76 Å². The number of aromatic nitrogens is 4. The van der Waals surface area contributed by atoms with Gasteiger partial charge in [0.15, 0.2) is 5.69 Å². The highest BCUT2D eigenvalue weighted by Crippen LogP contribution is 2.40. The topological polar surface area (TPSA) is 103 Å². The van der Waals surface area contributed by atoms with E-state index >= 15 is 0 Å². The van der Waals surface area contributed by atoms with E-state index in [4.69, 9.17) is 4.52 Å². The second kappa shape index (κ2) is 7.55. The molecule has 0 unspecified atom stereocenters. The monoisotopic (exact) mass is 401 g/mol. The highest BCUT2D eigenvalue weighted by atomic mass is 16.5. The first-order valence-corrected chi connectivity index (χ1v) is 9.81. The van der Waals surface area contributed by atoms with Crippen LogP contribution in [0.4, 0.5) is 0 Å². The quantitative estimate of drug-likeness (QED) is 0.533. The van der Waals surface area contributed by atoms with Crippen LogP contribution in [0.2, 0.25) is 0 Å². The summed E-state index contributed by atoms with van der Waals surface area (Å²) in [5, 5.41) is 12.5. The van der Waals surface area contributed by atoms with Crippen LogP contribution in [0, 0.1) is 0 Å². The van der Waals surface area contributed by atoms with E-state index in [2.05, 4.69) is 20.6 Å². The van der Waals surface area contributed by atoms with Crippen LogP contribution in [-0.4, -0.2) is 25.8 Å². The number of nitrogens with zero attached hydrogens (tertiary/aromatic N) is 4. The van der Waals surface area contributed by atoms with E-state index in [1.807, 2.05) is 30.3 Å². The Morgan fingerprint density at radius 3 is 2.77 bits per heavy atom. The zero-order chi connectivity index (χ0) is 20.5. The van der Waals surface area contributed by atoms with Crippen molar-refractivity contribution in [2.45, 2.75) is 31.8 Å². The van der Waals surface area contributed by atoms with Crippen molar-refractivity contribution in [3.8, 4) is 0 Å². The molecule has 0 atom stereocenters. The second-order valence-electron chi connectivity index (χ2n) is 7.39. The highest BCUT2D eigenvalue weighted by Gasteiger charge is 2.28. The minimum atomic E-state index is -0.332. The molecule has 1 amide bonds. The number of nitrogens with one attached hydrogen (secondary N) is 1. The molecule has 3 heterocycles. The largest absolute Gasteiger partial charge is 0.360 e. The van der Waals surface area contributed by atoms with E-state index in [1.165, 1.54) is 4.68 Å². The summed E-state index contributed by atoms with van der Waals surface area (Å²) in [5.41, 5.74) is 1.54. The van der Waals surface area contributed by atoms with Gasteiger partial charge in [0.25, 0.3) is 11.5 Å². The zero-order valence-electron chi connectivity index (χ0n) is 16.1. The van der Waals surface area contributed by atoms with Gasteiger partial charge in [0, 0.05) is 29.8 Å². The number of carbonyl (C=O) groups is 1. The molecule has 0 bridgehead atoms. The smallest absolute Gasteiger partial charge is 0.274 e. The molecule has 3 aromatic heterocycles. The molecule has 0 spiro atoms. The molecule has 8 nitrogen and oxygen atoms in total. The summed E-state index contributed by atoms with van der Waals surface area (Å²) in [6, 6.07) is 12.7. The minimum Gasteiger partial charge on any atom is -0.360 e. The maximum atomic E-state index is 12.9. The van der Waals surface area contributed by atoms with Crippen LogP contribution in [0.25, 0.3) is 10.8 Å². The maximum Gasteiger partial charge on any atom is 0.274 e. The Hall–Kier alpha value is -3.81. The van der Waals surface area contributed by atoms with Crippen molar-refractivity contribution < 1.29 is 9.32 Å². The average molecular weight is 401 g/mol. The number of pyridine rings is 1. The summed E-state index contributed by atoms with van der Waals surface area (Å²) in [4.78, 5) is 29.5. The van der Waals surface area contributed by atoms with Gasteiger partial charge in [0.05, 0.1) is 24.2 Å². The first kappa shape index (κ1) is 18.2. The lowest BCUT2D eigenvalue weighted by Crippen LogP contribution is -2.29. The first-order chi connectivity index (χ1) is 14.7. The van der Waals surface area contributed by atoms with E-state index in [0.29, 0.717) is 28.9 Å². The maximum absolute atomic E-state index is 12.9. The van der Waals surface area contributed by atoms with Gasteiger partial charge in [-0.3, -0.25) is 14.6 Å². The van der Waals surface area contributed by atoms with Crippen molar-refractivity contribution in [3.63, 3.8) is 0 Å². The predicted molar refractivity (Wildman–Crippen MR) is 109 cm³/mol. The molecular formula is C22H19N5O3. The molecule has 30 heavy (non-hydrogen) atoms. The van der Waals surface area contributed by atoms with E-state index in [0.717, 1.165) is 24.2 Å². The van der Waals surface area contributed by atoms with E-state index < -0.39 is 0 Å². The van der Waals surface area contributed by atoms with Gasteiger partial charge in [-0.2, -0.15) is 5.10 Å². The van der Waals surface area contributed by atoms with Crippen LogP contribution in [-0.2, 0) is 13.1 Å². The summed E-state index contributed by atoms with van der Waals surface area (Å²) in [6.45, 7) is 0.463. The fourth-order valence-corrected chi connectivity index (χ4v) is 3.42. The third kappa shape index (κ3) is 3.59. The SMILES string of the molecule is O=C(NCc1nn(Cc2cccnc2)c(=O)c2ccccc12)c1cc(C2CC2)on1. The minimum absolute atomic E-state index is 0.165. The first-order valence-electron chi connectivity index (χ1n) is 9.81. The van der Waals surface area contributed by atoms with Gasteiger partial charge in [-0.25, -0.2) is 4.68 Å². The number of fused-ring (bicyclic) bond motifs is 1. The molecule has 1 aromatic carbocycles. The number of rotatable bonds is 6. The Morgan fingerprint density at radius 2 is 2.00 bits per heavy atom. The lowest BCUT2D eigenvalue weighted by atomic mass is 10.1. The molecule has 5 rings (SSSR count). The molecule has 4 aromatic rings. The number of carbonyl (C=O) groups excluding carboxylic acids is 1. The Bertz CT molecular complexity index is 1270. The van der Waals surface area contributed by atoms with Crippen LogP contribution in [0.5, 0.6) is 0 Å². The van der Waals surface area contributed by atoms with Crippen LogP contribution in [0.3, 0.4) is 0 Å². The summed E-state index contributed by atoms with van der Waals surface area (Å²) >= 11 is 0. The van der Waals surface area contributed by atoms with Gasteiger partial charge in [0.2, 0.25) is 0 Å². The van der Waals surface area contributed by atoms with Crippen molar-refractivity contribution in [3.05, 3.63) is 87.9 Å². The molecule has 1 aliphatic carbocycles. The van der Waals surface area contributed by atoms with Gasteiger partial charge in [-0.1, -0.05) is 29.4 Å². The average Bonchev–Trinajstić information content (AvgIpc) is 3.52. The Balaban J connectivity index is 1.43. The normalized spacial score (nSPS) is 13.5. The fourth-order valence-electron chi connectivity index (χ4n) is 3.42. The molecule has 1 aliphatic rings. The summed E-state index contributed by atoms with van der Waals surface area (Å²) in [7, 11) is 0. The van der Waals surface area contributed by atoms with Gasteiger partial charge in [-0.05, 0) is 30.5 Å². The van der Waals surface area contributed by atoms with Crippen LogP contribution >= 0.6 is 0 Å². The Kier molecular flexibility index (Phi) is 4.59. The van der Waals surface area contributed by atoms with Crippen molar-refractivity contribution >= 4 is 16.7 Å². The summed E-state index contributed by atoms with van der Waals surface area (Å²) in [6.07, 6.45) is 5.53. The van der Waals surface area contributed by atoms with Gasteiger partial charge < -0.3 is 9.84 Å². The third-order valence-electron chi connectivity index (χ3n) is 5.16. The molecule has 1 N–H and O–H groups in total. The molecule has 150 valence electrons. The molecule has 1 fully saturated rings. The number of hydrogen-bond donors (Lipinski definition) is 1.